The molecule has 0 aliphatic carbocycles. The summed E-state index contributed by atoms with van der Waals surface area (Å²) in [4.78, 5) is 12.0. The number of aryl methyl sites for hydroxylation is 1. The molecule has 3 heteroatoms. The second-order valence-corrected chi connectivity index (χ2v) is 4.66. The Bertz CT molecular complexity index is 380. The molecule has 0 unspecified atom stereocenters. The minimum absolute atomic E-state index is 0.140. The molecule has 1 heterocycles. The van der Waals surface area contributed by atoms with Crippen molar-refractivity contribution in [2.75, 3.05) is 0 Å². The highest BCUT2D eigenvalue weighted by Gasteiger charge is 2.15. The van der Waals surface area contributed by atoms with Gasteiger partial charge in [-0.3, -0.25) is 4.79 Å². The van der Waals surface area contributed by atoms with Crippen molar-refractivity contribution in [3.8, 4) is 0 Å². The zero-order chi connectivity index (χ0) is 12.8. The normalized spacial score (nSPS) is 10.8. The van der Waals surface area contributed by atoms with Gasteiger partial charge in [0.1, 0.15) is 0 Å². The summed E-state index contributed by atoms with van der Waals surface area (Å²) in [6.45, 7) is 8.29. The number of rotatable bonds is 6. The Hall–Kier alpha value is -1.12. The highest BCUT2D eigenvalue weighted by atomic mass is 16.2. The molecule has 0 amide bonds. The molecule has 0 aliphatic heterocycles. The van der Waals surface area contributed by atoms with Crippen molar-refractivity contribution in [1.82, 2.24) is 9.78 Å². The van der Waals surface area contributed by atoms with E-state index in [1.807, 2.05) is 13.8 Å². The summed E-state index contributed by atoms with van der Waals surface area (Å²) in [6.07, 6.45) is 5.95. The fourth-order valence-electron chi connectivity index (χ4n) is 2.16. The molecule has 0 fully saturated rings. The maximum Gasteiger partial charge on any atom is 0.247 e. The summed E-state index contributed by atoms with van der Waals surface area (Å²) in [5, 5.41) is 4.37. The Kier molecular flexibility index (Phi) is 5.39. The van der Waals surface area contributed by atoms with E-state index in [1.165, 1.54) is 5.56 Å². The van der Waals surface area contributed by atoms with Gasteiger partial charge in [-0.15, -0.1) is 0 Å². The second kappa shape index (κ2) is 6.58. The molecule has 1 aromatic rings. The van der Waals surface area contributed by atoms with Gasteiger partial charge in [0.15, 0.2) is 0 Å². The highest BCUT2D eigenvalue weighted by molar-refractivity contribution is 5.79. The van der Waals surface area contributed by atoms with Crippen LogP contribution in [-0.4, -0.2) is 15.7 Å². The van der Waals surface area contributed by atoms with Crippen LogP contribution >= 0.6 is 0 Å². The summed E-state index contributed by atoms with van der Waals surface area (Å²) in [7, 11) is 0. The quantitative estimate of drug-likeness (QED) is 0.706. The maximum absolute atomic E-state index is 12.0. The molecular weight excluding hydrogens is 212 g/mol. The smallest absolute Gasteiger partial charge is 0.247 e. The molecule has 0 saturated carbocycles. The van der Waals surface area contributed by atoms with Crippen LogP contribution in [0.4, 0.5) is 0 Å². The first-order chi connectivity index (χ1) is 8.11. The Morgan fingerprint density at radius 2 is 1.88 bits per heavy atom. The monoisotopic (exact) mass is 236 g/mol. The van der Waals surface area contributed by atoms with Gasteiger partial charge in [-0.25, -0.2) is 4.68 Å². The van der Waals surface area contributed by atoms with E-state index in [-0.39, 0.29) is 5.91 Å². The van der Waals surface area contributed by atoms with Gasteiger partial charge in [0.25, 0.3) is 0 Å². The third-order valence-corrected chi connectivity index (χ3v) is 3.17. The van der Waals surface area contributed by atoms with Gasteiger partial charge < -0.3 is 0 Å². The van der Waals surface area contributed by atoms with Gasteiger partial charge in [-0.05, 0) is 32.3 Å². The largest absolute Gasteiger partial charge is 0.273 e. The second-order valence-electron chi connectivity index (χ2n) is 4.66. The number of carbonyl (C=O) groups is 1. The zero-order valence-corrected chi connectivity index (χ0v) is 11.5. The molecule has 1 aromatic heterocycles. The summed E-state index contributed by atoms with van der Waals surface area (Å²) in [5.74, 6) is 0.140. The zero-order valence-electron chi connectivity index (χ0n) is 11.5. The summed E-state index contributed by atoms with van der Waals surface area (Å²) >= 11 is 0. The first-order valence-electron chi connectivity index (χ1n) is 6.70. The molecule has 0 aliphatic rings. The fourth-order valence-corrected chi connectivity index (χ4v) is 2.16. The number of aromatic nitrogens is 2. The van der Waals surface area contributed by atoms with Crippen molar-refractivity contribution < 1.29 is 4.79 Å². The van der Waals surface area contributed by atoms with Crippen molar-refractivity contribution in [3.63, 3.8) is 0 Å². The van der Waals surface area contributed by atoms with E-state index >= 15 is 0 Å². The van der Waals surface area contributed by atoms with E-state index in [0.717, 1.165) is 43.5 Å². The molecule has 0 atom stereocenters. The standard InChI is InChI=1S/C14H24N2O/c1-5-7-8-10-14(17)16-12(4)13(9-6-2)11(3)15-16/h5-10H2,1-4H3. The lowest BCUT2D eigenvalue weighted by molar-refractivity contribution is 0.0880. The van der Waals surface area contributed by atoms with Crippen LogP contribution in [0.1, 0.15) is 67.7 Å². The molecule has 0 spiro atoms. The fraction of sp³-hybridized carbons (Fsp3) is 0.714. The Morgan fingerprint density at radius 3 is 2.47 bits per heavy atom. The van der Waals surface area contributed by atoms with E-state index in [4.69, 9.17) is 0 Å². The molecule has 96 valence electrons. The lowest BCUT2D eigenvalue weighted by Crippen LogP contribution is -2.14. The van der Waals surface area contributed by atoms with Gasteiger partial charge >= 0.3 is 0 Å². The Labute approximate surface area is 104 Å². The first-order valence-corrected chi connectivity index (χ1v) is 6.70. The number of nitrogens with zero attached hydrogens (tertiary/aromatic N) is 2. The van der Waals surface area contributed by atoms with Gasteiger partial charge in [0.2, 0.25) is 5.91 Å². The molecule has 0 bridgehead atoms. The van der Waals surface area contributed by atoms with Gasteiger partial charge in [0, 0.05) is 12.1 Å². The number of hydrogen-bond acceptors (Lipinski definition) is 2. The van der Waals surface area contributed by atoms with Crippen LogP contribution in [0.2, 0.25) is 0 Å². The van der Waals surface area contributed by atoms with Crippen molar-refractivity contribution >= 4 is 5.91 Å². The highest BCUT2D eigenvalue weighted by Crippen LogP contribution is 2.16. The Balaban J connectivity index is 2.77. The number of carbonyl (C=O) groups excluding carboxylic acids is 1. The maximum atomic E-state index is 12.0. The van der Waals surface area contributed by atoms with Crippen LogP contribution in [0.5, 0.6) is 0 Å². The van der Waals surface area contributed by atoms with E-state index < -0.39 is 0 Å². The number of unbranched alkanes of at least 4 members (excludes halogenated alkanes) is 2. The molecular formula is C14H24N2O. The lowest BCUT2D eigenvalue weighted by atomic mass is 10.1. The first kappa shape index (κ1) is 13.9. The van der Waals surface area contributed by atoms with Crippen LogP contribution in [-0.2, 0) is 6.42 Å². The van der Waals surface area contributed by atoms with E-state index in [9.17, 15) is 4.79 Å². The van der Waals surface area contributed by atoms with Crippen molar-refractivity contribution in [1.29, 1.82) is 0 Å². The molecule has 17 heavy (non-hydrogen) atoms. The van der Waals surface area contributed by atoms with Crippen LogP contribution in [0.15, 0.2) is 0 Å². The SMILES string of the molecule is CCCCCC(=O)n1nc(C)c(CCC)c1C. The van der Waals surface area contributed by atoms with Crippen LogP contribution in [0, 0.1) is 13.8 Å². The van der Waals surface area contributed by atoms with Gasteiger partial charge in [0.05, 0.1) is 5.69 Å². The van der Waals surface area contributed by atoms with Crippen LogP contribution in [0.3, 0.4) is 0 Å². The lowest BCUT2D eigenvalue weighted by Gasteiger charge is -2.03. The molecule has 0 N–H and O–H groups in total. The summed E-state index contributed by atoms with van der Waals surface area (Å²) in [5.41, 5.74) is 3.29. The topological polar surface area (TPSA) is 34.9 Å². The predicted octanol–water partition coefficient (Wildman–Crippen LogP) is 3.67. The average molecular weight is 236 g/mol. The molecule has 3 nitrogen and oxygen atoms in total. The van der Waals surface area contributed by atoms with E-state index in [0.29, 0.717) is 6.42 Å². The number of hydrogen-bond donors (Lipinski definition) is 0. The average Bonchev–Trinajstić information content (AvgIpc) is 2.58. The third-order valence-electron chi connectivity index (χ3n) is 3.17. The van der Waals surface area contributed by atoms with E-state index in [1.54, 1.807) is 4.68 Å². The summed E-state index contributed by atoms with van der Waals surface area (Å²) < 4.78 is 1.61. The van der Waals surface area contributed by atoms with Gasteiger partial charge in [-0.1, -0.05) is 33.1 Å². The Morgan fingerprint density at radius 1 is 1.18 bits per heavy atom. The van der Waals surface area contributed by atoms with Crippen LogP contribution in [0.25, 0.3) is 0 Å². The van der Waals surface area contributed by atoms with Crippen molar-refractivity contribution in [3.05, 3.63) is 17.0 Å². The minimum Gasteiger partial charge on any atom is -0.273 e. The van der Waals surface area contributed by atoms with Gasteiger partial charge in [-0.2, -0.15) is 5.10 Å². The third kappa shape index (κ3) is 3.42. The molecule has 0 radical (unpaired) electrons. The molecule has 0 aromatic carbocycles. The minimum atomic E-state index is 0.140. The molecule has 0 saturated heterocycles. The predicted molar refractivity (Wildman–Crippen MR) is 70.5 cm³/mol. The van der Waals surface area contributed by atoms with Crippen LogP contribution < -0.4 is 0 Å². The molecule has 1 rings (SSSR count). The van der Waals surface area contributed by atoms with E-state index in [2.05, 4.69) is 18.9 Å². The van der Waals surface area contributed by atoms with Crippen molar-refractivity contribution in [2.24, 2.45) is 0 Å². The van der Waals surface area contributed by atoms with Crippen molar-refractivity contribution in [2.45, 2.75) is 66.2 Å². The summed E-state index contributed by atoms with van der Waals surface area (Å²) in [6, 6.07) is 0.